The zero-order valence-electron chi connectivity index (χ0n) is 11.4. The molecule has 1 aliphatic heterocycles. The van der Waals surface area contributed by atoms with Crippen molar-refractivity contribution in [1.29, 1.82) is 0 Å². The van der Waals surface area contributed by atoms with Gasteiger partial charge >= 0.3 is 0 Å². The number of amides is 1. The molecule has 0 N–H and O–H groups in total. The van der Waals surface area contributed by atoms with Gasteiger partial charge in [-0.05, 0) is 25.3 Å². The fourth-order valence-corrected chi connectivity index (χ4v) is 2.46. The van der Waals surface area contributed by atoms with E-state index in [0.29, 0.717) is 13.1 Å². The third kappa shape index (κ3) is 2.95. The summed E-state index contributed by atoms with van der Waals surface area (Å²) in [6.07, 6.45) is 3.89. The Morgan fingerprint density at radius 3 is 2.40 bits per heavy atom. The molecule has 0 aliphatic carbocycles. The number of non-ortho nitro benzene ring substituents is 1. The summed E-state index contributed by atoms with van der Waals surface area (Å²) in [5.74, 6) is -1.11. The fraction of sp³-hybridized carbons (Fsp3) is 0.500. The zero-order chi connectivity index (χ0) is 14.7. The molecule has 0 bridgehead atoms. The zero-order valence-corrected chi connectivity index (χ0v) is 11.4. The molecule has 0 saturated carbocycles. The van der Waals surface area contributed by atoms with E-state index >= 15 is 0 Å². The number of nitrogens with zero attached hydrogens (tertiary/aromatic N) is 2. The molecule has 1 amide bonds. The Morgan fingerprint density at radius 2 is 1.85 bits per heavy atom. The molecular formula is C14H17FN2O3. The third-order valence-electron chi connectivity index (χ3n) is 3.57. The van der Waals surface area contributed by atoms with E-state index in [-0.39, 0.29) is 16.8 Å². The summed E-state index contributed by atoms with van der Waals surface area (Å²) in [5.41, 5.74) is -0.321. The maximum Gasteiger partial charge on any atom is 0.270 e. The smallest absolute Gasteiger partial charge is 0.270 e. The van der Waals surface area contributed by atoms with Gasteiger partial charge in [0.05, 0.1) is 10.5 Å². The number of hydrogen-bond donors (Lipinski definition) is 0. The van der Waals surface area contributed by atoms with Crippen LogP contribution >= 0.6 is 0 Å². The van der Waals surface area contributed by atoms with Crippen LogP contribution in [-0.4, -0.2) is 28.8 Å². The van der Waals surface area contributed by atoms with Crippen LogP contribution in [0, 0.1) is 22.9 Å². The van der Waals surface area contributed by atoms with Crippen molar-refractivity contribution < 1.29 is 14.1 Å². The van der Waals surface area contributed by atoms with Crippen molar-refractivity contribution in [2.24, 2.45) is 0 Å². The van der Waals surface area contributed by atoms with Crippen molar-refractivity contribution in [2.75, 3.05) is 13.1 Å². The van der Waals surface area contributed by atoms with Gasteiger partial charge in [-0.3, -0.25) is 14.9 Å². The van der Waals surface area contributed by atoms with Crippen LogP contribution in [-0.2, 0) is 0 Å². The third-order valence-corrected chi connectivity index (χ3v) is 3.57. The van der Waals surface area contributed by atoms with Crippen molar-refractivity contribution >= 4 is 11.6 Å². The Labute approximate surface area is 116 Å². The van der Waals surface area contributed by atoms with Gasteiger partial charge in [-0.25, -0.2) is 4.39 Å². The number of carbonyl (C=O) groups excluding carboxylic acids is 1. The topological polar surface area (TPSA) is 63.5 Å². The second-order valence-corrected chi connectivity index (χ2v) is 5.09. The highest BCUT2D eigenvalue weighted by Gasteiger charge is 2.24. The number of aryl methyl sites for hydroxylation is 1. The van der Waals surface area contributed by atoms with E-state index < -0.39 is 16.6 Å². The van der Waals surface area contributed by atoms with E-state index in [1.807, 2.05) is 0 Å². The van der Waals surface area contributed by atoms with Crippen LogP contribution in [0.15, 0.2) is 12.1 Å². The van der Waals surface area contributed by atoms with Gasteiger partial charge in [-0.15, -0.1) is 0 Å². The van der Waals surface area contributed by atoms with Gasteiger partial charge in [0.1, 0.15) is 5.82 Å². The van der Waals surface area contributed by atoms with Crippen molar-refractivity contribution in [3.05, 3.63) is 39.2 Å². The van der Waals surface area contributed by atoms with Crippen molar-refractivity contribution in [3.8, 4) is 0 Å². The van der Waals surface area contributed by atoms with E-state index in [4.69, 9.17) is 0 Å². The summed E-state index contributed by atoms with van der Waals surface area (Å²) in [4.78, 5) is 24.2. The standard InChI is InChI=1S/C14H17FN2O3/c1-10-8-11(17(19)20)9-12(13(10)15)14(18)16-6-4-2-3-5-7-16/h8-9H,2-7H2,1H3. The highest BCUT2D eigenvalue weighted by atomic mass is 19.1. The molecule has 1 aromatic carbocycles. The Bertz CT molecular complexity index is 537. The molecule has 0 unspecified atom stereocenters. The minimum absolute atomic E-state index is 0.123. The first-order chi connectivity index (χ1) is 9.50. The quantitative estimate of drug-likeness (QED) is 0.617. The van der Waals surface area contributed by atoms with Gasteiger partial charge in [0.2, 0.25) is 0 Å². The molecule has 5 nitrogen and oxygen atoms in total. The van der Waals surface area contributed by atoms with E-state index in [0.717, 1.165) is 37.8 Å². The molecule has 108 valence electrons. The predicted molar refractivity (Wildman–Crippen MR) is 72.2 cm³/mol. The lowest BCUT2D eigenvalue weighted by Gasteiger charge is -2.20. The van der Waals surface area contributed by atoms with Crippen molar-refractivity contribution in [2.45, 2.75) is 32.6 Å². The molecule has 1 aliphatic rings. The summed E-state index contributed by atoms with van der Waals surface area (Å²) in [7, 11) is 0. The summed E-state index contributed by atoms with van der Waals surface area (Å²) in [6.45, 7) is 2.60. The second kappa shape index (κ2) is 5.98. The van der Waals surface area contributed by atoms with Crippen LogP contribution in [0.1, 0.15) is 41.6 Å². The number of benzene rings is 1. The normalized spacial score (nSPS) is 15.8. The molecule has 6 heteroatoms. The largest absolute Gasteiger partial charge is 0.339 e. The van der Waals surface area contributed by atoms with Gasteiger partial charge in [-0.1, -0.05) is 12.8 Å². The minimum atomic E-state index is -0.662. The van der Waals surface area contributed by atoms with Crippen LogP contribution < -0.4 is 0 Å². The Morgan fingerprint density at radius 1 is 1.25 bits per heavy atom. The highest BCUT2D eigenvalue weighted by Crippen LogP contribution is 2.23. The summed E-state index contributed by atoms with van der Waals surface area (Å²) >= 11 is 0. The summed E-state index contributed by atoms with van der Waals surface area (Å²) in [5, 5.41) is 10.8. The summed E-state index contributed by atoms with van der Waals surface area (Å²) in [6, 6.07) is 2.18. The molecule has 2 rings (SSSR count). The van der Waals surface area contributed by atoms with E-state index in [1.54, 1.807) is 4.90 Å². The molecule has 0 spiro atoms. The molecule has 0 radical (unpaired) electrons. The monoisotopic (exact) mass is 280 g/mol. The number of rotatable bonds is 2. The van der Waals surface area contributed by atoms with Crippen LogP contribution in [0.5, 0.6) is 0 Å². The first kappa shape index (κ1) is 14.4. The lowest BCUT2D eigenvalue weighted by molar-refractivity contribution is -0.385. The maximum atomic E-state index is 14.1. The van der Waals surface area contributed by atoms with E-state index in [9.17, 15) is 19.3 Å². The Balaban J connectivity index is 2.35. The van der Waals surface area contributed by atoms with Crippen LogP contribution in [0.4, 0.5) is 10.1 Å². The van der Waals surface area contributed by atoms with E-state index in [1.165, 1.54) is 6.92 Å². The van der Waals surface area contributed by atoms with Gasteiger partial charge in [0.25, 0.3) is 11.6 Å². The fourth-order valence-electron chi connectivity index (χ4n) is 2.46. The highest BCUT2D eigenvalue weighted by molar-refractivity contribution is 5.95. The van der Waals surface area contributed by atoms with E-state index in [2.05, 4.69) is 0 Å². The minimum Gasteiger partial charge on any atom is -0.339 e. The SMILES string of the molecule is Cc1cc([N+](=O)[O-])cc(C(=O)N2CCCCCC2)c1F. The molecule has 1 saturated heterocycles. The number of nitro groups is 1. The Kier molecular flexibility index (Phi) is 4.32. The summed E-state index contributed by atoms with van der Waals surface area (Å²) < 4.78 is 14.1. The average Bonchev–Trinajstić information content (AvgIpc) is 2.69. The molecule has 1 fully saturated rings. The number of carbonyl (C=O) groups is 1. The Hall–Kier alpha value is -1.98. The predicted octanol–water partition coefficient (Wildman–Crippen LogP) is 3.06. The van der Waals surface area contributed by atoms with Gasteiger partial charge in [0.15, 0.2) is 0 Å². The lowest BCUT2D eigenvalue weighted by Crippen LogP contribution is -2.32. The molecule has 0 atom stereocenters. The number of hydrogen-bond acceptors (Lipinski definition) is 3. The van der Waals surface area contributed by atoms with Crippen molar-refractivity contribution in [3.63, 3.8) is 0 Å². The molecule has 0 aromatic heterocycles. The first-order valence-corrected chi connectivity index (χ1v) is 6.74. The second-order valence-electron chi connectivity index (χ2n) is 5.09. The van der Waals surface area contributed by atoms with Gasteiger partial charge in [0, 0.05) is 25.2 Å². The van der Waals surface area contributed by atoms with Gasteiger partial charge in [-0.2, -0.15) is 0 Å². The lowest BCUT2D eigenvalue weighted by atomic mass is 10.1. The number of nitro benzene ring substituents is 1. The van der Waals surface area contributed by atoms with Crippen LogP contribution in [0.2, 0.25) is 0 Å². The van der Waals surface area contributed by atoms with Gasteiger partial charge < -0.3 is 4.90 Å². The molecule has 20 heavy (non-hydrogen) atoms. The number of likely N-dealkylation sites (tertiary alicyclic amines) is 1. The van der Waals surface area contributed by atoms with Crippen molar-refractivity contribution in [1.82, 2.24) is 4.90 Å². The number of halogens is 1. The molecule has 1 heterocycles. The average molecular weight is 280 g/mol. The molecule has 1 aromatic rings. The molecular weight excluding hydrogens is 263 g/mol. The van der Waals surface area contributed by atoms with Crippen LogP contribution in [0.25, 0.3) is 0 Å². The first-order valence-electron chi connectivity index (χ1n) is 6.74. The van der Waals surface area contributed by atoms with Crippen LogP contribution in [0.3, 0.4) is 0 Å². The maximum absolute atomic E-state index is 14.1.